The van der Waals surface area contributed by atoms with Gasteiger partial charge in [0.15, 0.2) is 0 Å². The molecule has 146 valence electrons. The van der Waals surface area contributed by atoms with E-state index in [0.717, 1.165) is 5.56 Å². The van der Waals surface area contributed by atoms with Crippen LogP contribution in [0.5, 0.6) is 0 Å². The molecule has 2 aromatic heterocycles. The Morgan fingerprint density at radius 1 is 1.00 bits per heavy atom. The van der Waals surface area contributed by atoms with Crippen LogP contribution in [0.25, 0.3) is 11.5 Å². The number of hydrogen-bond acceptors (Lipinski definition) is 7. The van der Waals surface area contributed by atoms with Crippen LogP contribution in [0.3, 0.4) is 0 Å². The minimum atomic E-state index is 0.0493. The second kappa shape index (κ2) is 7.46. The van der Waals surface area contributed by atoms with E-state index in [1.165, 1.54) is 5.56 Å². The number of amides is 1. The highest BCUT2D eigenvalue weighted by Gasteiger charge is 2.25. The summed E-state index contributed by atoms with van der Waals surface area (Å²) in [5, 5.41) is 7.90. The van der Waals surface area contributed by atoms with Crippen LogP contribution in [0.1, 0.15) is 22.9 Å². The lowest BCUT2D eigenvalue weighted by molar-refractivity contribution is -0.130. The Bertz CT molecular complexity index is 968. The number of nitrogens with zero attached hydrogens (tertiary/aromatic N) is 5. The van der Waals surface area contributed by atoms with Gasteiger partial charge in [-0.2, -0.15) is 0 Å². The van der Waals surface area contributed by atoms with Gasteiger partial charge in [-0.3, -0.25) is 4.79 Å². The quantitative estimate of drug-likeness (QED) is 0.686. The van der Waals surface area contributed by atoms with Gasteiger partial charge >= 0.3 is 6.01 Å². The molecule has 1 saturated heterocycles. The van der Waals surface area contributed by atoms with E-state index in [2.05, 4.69) is 15.2 Å². The lowest BCUT2D eigenvalue weighted by Gasteiger charge is -2.33. The first-order valence-electron chi connectivity index (χ1n) is 9.36. The van der Waals surface area contributed by atoms with Crippen LogP contribution in [0.4, 0.5) is 6.01 Å². The van der Waals surface area contributed by atoms with E-state index < -0.39 is 0 Å². The van der Waals surface area contributed by atoms with Gasteiger partial charge in [0.25, 0.3) is 0 Å². The third-order valence-electron chi connectivity index (χ3n) is 4.93. The van der Waals surface area contributed by atoms with Gasteiger partial charge in [0.2, 0.25) is 17.7 Å². The van der Waals surface area contributed by atoms with E-state index in [-0.39, 0.29) is 12.3 Å². The summed E-state index contributed by atoms with van der Waals surface area (Å²) in [7, 11) is 0. The van der Waals surface area contributed by atoms with E-state index in [4.69, 9.17) is 8.83 Å². The van der Waals surface area contributed by atoms with E-state index in [1.807, 2.05) is 47.9 Å². The van der Waals surface area contributed by atoms with E-state index in [0.29, 0.717) is 55.4 Å². The normalized spacial score (nSPS) is 14.5. The van der Waals surface area contributed by atoms with Gasteiger partial charge in [-0.15, -0.1) is 5.10 Å². The molecule has 3 aromatic rings. The summed E-state index contributed by atoms with van der Waals surface area (Å²) in [6.07, 6.45) is 0.237. The summed E-state index contributed by atoms with van der Waals surface area (Å²) < 4.78 is 11.2. The van der Waals surface area contributed by atoms with E-state index in [9.17, 15) is 4.79 Å². The Kier molecular flexibility index (Phi) is 4.85. The maximum Gasteiger partial charge on any atom is 0.318 e. The predicted octanol–water partition coefficient (Wildman–Crippen LogP) is 2.54. The minimum absolute atomic E-state index is 0.0493. The lowest BCUT2D eigenvalue weighted by Crippen LogP contribution is -2.49. The van der Waals surface area contributed by atoms with Crippen molar-refractivity contribution in [2.75, 3.05) is 31.1 Å². The fourth-order valence-corrected chi connectivity index (χ4v) is 3.23. The molecule has 0 aliphatic carbocycles. The topological polar surface area (TPSA) is 88.5 Å². The van der Waals surface area contributed by atoms with Gasteiger partial charge in [0.1, 0.15) is 5.76 Å². The SMILES string of the molecule is Cc1ccc(-c2nc(CC(=O)N3CCN(c4nnc(C)o4)CC3)c(C)o2)cc1. The summed E-state index contributed by atoms with van der Waals surface area (Å²) in [6.45, 7) is 8.21. The number of oxazole rings is 1. The molecule has 1 aliphatic rings. The monoisotopic (exact) mass is 381 g/mol. The second-order valence-corrected chi connectivity index (χ2v) is 7.04. The summed E-state index contributed by atoms with van der Waals surface area (Å²) in [5.74, 6) is 1.83. The Labute approximate surface area is 163 Å². The number of rotatable bonds is 4. The number of aromatic nitrogens is 3. The number of benzene rings is 1. The zero-order valence-electron chi connectivity index (χ0n) is 16.3. The molecule has 28 heavy (non-hydrogen) atoms. The van der Waals surface area contributed by atoms with E-state index >= 15 is 0 Å². The maximum absolute atomic E-state index is 12.7. The molecule has 1 amide bonds. The summed E-state index contributed by atoms with van der Waals surface area (Å²) in [5.41, 5.74) is 2.78. The molecule has 1 aliphatic heterocycles. The molecule has 8 nitrogen and oxygen atoms in total. The fraction of sp³-hybridized carbons (Fsp3) is 0.400. The highest BCUT2D eigenvalue weighted by atomic mass is 16.4. The van der Waals surface area contributed by atoms with Crippen molar-refractivity contribution in [1.29, 1.82) is 0 Å². The van der Waals surface area contributed by atoms with Crippen molar-refractivity contribution < 1.29 is 13.6 Å². The molecule has 1 aromatic carbocycles. The Balaban J connectivity index is 1.38. The van der Waals surface area contributed by atoms with Gasteiger partial charge in [0.05, 0.1) is 12.1 Å². The molecule has 0 spiro atoms. The Morgan fingerprint density at radius 3 is 2.36 bits per heavy atom. The Hall–Kier alpha value is -3.16. The minimum Gasteiger partial charge on any atom is -0.441 e. The molecule has 0 N–H and O–H groups in total. The first-order valence-corrected chi connectivity index (χ1v) is 9.36. The maximum atomic E-state index is 12.7. The molecular weight excluding hydrogens is 358 g/mol. The van der Waals surface area contributed by atoms with Crippen LogP contribution in [0, 0.1) is 20.8 Å². The van der Waals surface area contributed by atoms with Crippen LogP contribution >= 0.6 is 0 Å². The largest absolute Gasteiger partial charge is 0.441 e. The predicted molar refractivity (Wildman–Crippen MR) is 103 cm³/mol. The van der Waals surface area contributed by atoms with Crippen LogP contribution < -0.4 is 4.90 Å². The van der Waals surface area contributed by atoms with Crippen molar-refractivity contribution in [1.82, 2.24) is 20.1 Å². The fourth-order valence-electron chi connectivity index (χ4n) is 3.23. The molecule has 3 heterocycles. The van der Waals surface area contributed by atoms with Crippen molar-refractivity contribution in [3.63, 3.8) is 0 Å². The third-order valence-corrected chi connectivity index (χ3v) is 4.93. The molecule has 4 rings (SSSR count). The summed E-state index contributed by atoms with van der Waals surface area (Å²) in [6, 6.07) is 8.50. The molecule has 0 saturated carbocycles. The number of aryl methyl sites for hydroxylation is 3. The number of carbonyl (C=O) groups is 1. The van der Waals surface area contributed by atoms with Crippen molar-refractivity contribution in [3.05, 3.63) is 47.2 Å². The molecule has 0 unspecified atom stereocenters. The Morgan fingerprint density at radius 2 is 1.71 bits per heavy atom. The average molecular weight is 381 g/mol. The summed E-state index contributed by atoms with van der Waals surface area (Å²) >= 11 is 0. The van der Waals surface area contributed by atoms with Crippen LogP contribution in [-0.2, 0) is 11.2 Å². The average Bonchev–Trinajstić information content (AvgIpc) is 3.28. The van der Waals surface area contributed by atoms with Crippen molar-refractivity contribution in [2.24, 2.45) is 0 Å². The van der Waals surface area contributed by atoms with Crippen LogP contribution in [0.15, 0.2) is 33.1 Å². The lowest BCUT2D eigenvalue weighted by atomic mass is 10.1. The van der Waals surface area contributed by atoms with Crippen molar-refractivity contribution in [3.8, 4) is 11.5 Å². The second-order valence-electron chi connectivity index (χ2n) is 7.04. The van der Waals surface area contributed by atoms with Gasteiger partial charge in [-0.05, 0) is 26.0 Å². The third kappa shape index (κ3) is 3.76. The standard InChI is InChI=1S/C20H23N5O3/c1-13-4-6-16(7-5-13)19-21-17(14(2)27-19)12-18(26)24-8-10-25(11-9-24)20-23-22-15(3)28-20/h4-7H,8-12H2,1-3H3. The first kappa shape index (κ1) is 18.2. The van der Waals surface area contributed by atoms with Gasteiger partial charge in [0, 0.05) is 38.7 Å². The number of anilines is 1. The van der Waals surface area contributed by atoms with Gasteiger partial charge < -0.3 is 18.6 Å². The van der Waals surface area contributed by atoms with Crippen molar-refractivity contribution >= 4 is 11.9 Å². The number of piperazine rings is 1. The molecule has 0 bridgehead atoms. The van der Waals surface area contributed by atoms with E-state index in [1.54, 1.807) is 6.92 Å². The molecule has 0 radical (unpaired) electrons. The molecule has 1 fully saturated rings. The van der Waals surface area contributed by atoms with Crippen molar-refractivity contribution in [2.45, 2.75) is 27.2 Å². The zero-order valence-corrected chi connectivity index (χ0v) is 16.3. The highest BCUT2D eigenvalue weighted by Crippen LogP contribution is 2.23. The van der Waals surface area contributed by atoms with Crippen LogP contribution in [-0.4, -0.2) is 52.2 Å². The van der Waals surface area contributed by atoms with Gasteiger partial charge in [-0.25, -0.2) is 4.98 Å². The number of hydrogen-bond donors (Lipinski definition) is 0. The first-order chi connectivity index (χ1) is 13.5. The van der Waals surface area contributed by atoms with Gasteiger partial charge in [-0.1, -0.05) is 22.8 Å². The zero-order chi connectivity index (χ0) is 19.7. The highest BCUT2D eigenvalue weighted by molar-refractivity contribution is 5.79. The summed E-state index contributed by atoms with van der Waals surface area (Å²) in [4.78, 5) is 21.1. The van der Waals surface area contributed by atoms with Crippen LogP contribution in [0.2, 0.25) is 0 Å². The molecule has 8 heteroatoms. The molecular formula is C20H23N5O3. The number of carbonyl (C=O) groups excluding carboxylic acids is 1. The smallest absolute Gasteiger partial charge is 0.318 e. The molecule has 0 atom stereocenters.